The number of piperidine rings is 1. The van der Waals surface area contributed by atoms with Crippen molar-refractivity contribution in [2.45, 2.75) is 31.3 Å². The molecule has 2 atom stereocenters. The van der Waals surface area contributed by atoms with Crippen LogP contribution in [0.3, 0.4) is 0 Å². The molecule has 0 aliphatic carbocycles. The van der Waals surface area contributed by atoms with Crippen molar-refractivity contribution in [2.24, 2.45) is 0 Å². The fraction of sp³-hybridized carbons (Fsp3) is 0.333. The van der Waals surface area contributed by atoms with Crippen molar-refractivity contribution in [3.05, 3.63) is 46.9 Å². The lowest BCUT2D eigenvalue weighted by Crippen LogP contribution is -2.54. The Labute approximate surface area is 187 Å². The molecule has 0 spiro atoms. The molecule has 10 nitrogen and oxygen atoms in total. The van der Waals surface area contributed by atoms with Crippen molar-refractivity contribution >= 4 is 46.7 Å². The van der Waals surface area contributed by atoms with Crippen LogP contribution in [0.25, 0.3) is 0 Å². The van der Waals surface area contributed by atoms with E-state index in [-0.39, 0.29) is 29.7 Å². The molecule has 0 radical (unpaired) electrons. The quantitative estimate of drug-likeness (QED) is 0.522. The number of hydrogen-bond acceptors (Lipinski definition) is 8. The zero-order chi connectivity index (χ0) is 22.4. The first-order chi connectivity index (χ1) is 15.4. The number of nitrogens with one attached hydrogen (secondary N) is 2. The molecule has 4 amide bonds. The van der Waals surface area contributed by atoms with Gasteiger partial charge in [-0.15, -0.1) is 0 Å². The van der Waals surface area contributed by atoms with E-state index < -0.39 is 29.7 Å². The average molecular weight is 455 g/mol. The third kappa shape index (κ3) is 3.46. The summed E-state index contributed by atoms with van der Waals surface area (Å²) in [7, 11) is 0. The van der Waals surface area contributed by atoms with Crippen LogP contribution in [0.5, 0.6) is 0 Å². The van der Waals surface area contributed by atoms with Gasteiger partial charge in [-0.2, -0.15) is 0 Å². The van der Waals surface area contributed by atoms with Gasteiger partial charge in [0.15, 0.2) is 0 Å². The highest BCUT2D eigenvalue weighted by Crippen LogP contribution is 2.35. The van der Waals surface area contributed by atoms with Gasteiger partial charge in [-0.1, -0.05) is 6.07 Å². The van der Waals surface area contributed by atoms with Crippen LogP contribution in [0, 0.1) is 0 Å². The lowest BCUT2D eigenvalue weighted by atomic mass is 10.0. The Hall–Kier alpha value is -3.53. The lowest BCUT2D eigenvalue weighted by Gasteiger charge is -2.28. The van der Waals surface area contributed by atoms with E-state index in [9.17, 15) is 19.2 Å². The van der Waals surface area contributed by atoms with Gasteiger partial charge in [-0.05, 0) is 42.6 Å². The summed E-state index contributed by atoms with van der Waals surface area (Å²) in [6.45, 7) is 1.27. The largest absolute Gasteiger partial charge is 0.369 e. The number of carbonyl (C=O) groups is 4. The average Bonchev–Trinajstić information content (AvgIpc) is 3.32. The first-order valence-electron chi connectivity index (χ1n) is 10.3. The molecule has 1 aromatic carbocycles. The van der Waals surface area contributed by atoms with Crippen LogP contribution in [-0.2, 0) is 9.59 Å². The van der Waals surface area contributed by atoms with Crippen LogP contribution >= 0.6 is 11.6 Å². The highest BCUT2D eigenvalue weighted by atomic mass is 35.5. The fourth-order valence-corrected chi connectivity index (χ4v) is 4.63. The molecule has 2 N–H and O–H groups in total. The summed E-state index contributed by atoms with van der Waals surface area (Å²) in [5, 5.41) is 5.69. The van der Waals surface area contributed by atoms with E-state index in [4.69, 9.17) is 11.6 Å². The van der Waals surface area contributed by atoms with E-state index >= 15 is 0 Å². The normalized spacial score (nSPS) is 22.9. The molecule has 1 aromatic heterocycles. The zero-order valence-corrected chi connectivity index (χ0v) is 17.6. The number of fused-ring (bicyclic) bond motifs is 1. The Kier molecular flexibility index (Phi) is 5.01. The van der Waals surface area contributed by atoms with Crippen LogP contribution in [0.2, 0.25) is 5.28 Å². The van der Waals surface area contributed by atoms with E-state index in [1.54, 1.807) is 24.4 Å². The van der Waals surface area contributed by atoms with E-state index in [1.165, 1.54) is 0 Å². The molecule has 0 saturated carbocycles. The first kappa shape index (κ1) is 20.4. The van der Waals surface area contributed by atoms with E-state index in [1.807, 2.05) is 11.0 Å². The molecule has 11 heteroatoms. The molecular weight excluding hydrogens is 436 g/mol. The molecule has 3 aliphatic heterocycles. The third-order valence-corrected chi connectivity index (χ3v) is 6.14. The molecular formula is C21H19ClN6O4. The second-order valence-electron chi connectivity index (χ2n) is 7.93. The van der Waals surface area contributed by atoms with E-state index in [0.29, 0.717) is 30.2 Å². The summed E-state index contributed by atoms with van der Waals surface area (Å²) >= 11 is 5.85. The fourth-order valence-electron chi connectivity index (χ4n) is 4.48. The number of nitrogens with zero attached hydrogens (tertiary/aromatic N) is 4. The van der Waals surface area contributed by atoms with Gasteiger partial charge in [-0.3, -0.25) is 29.4 Å². The van der Waals surface area contributed by atoms with Crippen molar-refractivity contribution < 1.29 is 19.2 Å². The number of amides is 4. The minimum absolute atomic E-state index is 0.0651. The molecule has 2 saturated heterocycles. The number of rotatable bonds is 4. The minimum atomic E-state index is -0.983. The van der Waals surface area contributed by atoms with Gasteiger partial charge in [0.05, 0.1) is 16.8 Å². The smallest absolute Gasteiger partial charge is 0.264 e. The molecule has 5 rings (SSSR count). The van der Waals surface area contributed by atoms with Crippen molar-refractivity contribution in [3.63, 3.8) is 0 Å². The monoisotopic (exact) mass is 454 g/mol. The maximum absolute atomic E-state index is 13.3. The number of imide groups is 2. The molecule has 0 bridgehead atoms. The Bertz CT molecular complexity index is 1150. The summed E-state index contributed by atoms with van der Waals surface area (Å²) in [6.07, 6.45) is 2.58. The summed E-state index contributed by atoms with van der Waals surface area (Å²) < 4.78 is 0. The predicted octanol–water partition coefficient (Wildman–Crippen LogP) is 1.22. The van der Waals surface area contributed by atoms with Gasteiger partial charge < -0.3 is 10.2 Å². The maximum atomic E-state index is 13.3. The molecule has 3 aliphatic rings. The molecule has 2 aromatic rings. The minimum Gasteiger partial charge on any atom is -0.369 e. The summed E-state index contributed by atoms with van der Waals surface area (Å²) in [5.74, 6) is -1.42. The van der Waals surface area contributed by atoms with E-state index in [0.717, 1.165) is 11.3 Å². The summed E-state index contributed by atoms with van der Waals surface area (Å²) in [5.41, 5.74) is 1.23. The number of halogens is 1. The molecule has 2 fully saturated rings. The van der Waals surface area contributed by atoms with Crippen LogP contribution in [0.1, 0.15) is 40.0 Å². The van der Waals surface area contributed by atoms with Crippen molar-refractivity contribution in [3.8, 4) is 0 Å². The lowest BCUT2D eigenvalue weighted by molar-refractivity contribution is -0.136. The highest BCUT2D eigenvalue weighted by molar-refractivity contribution is 6.28. The Morgan fingerprint density at radius 1 is 1.09 bits per heavy atom. The third-order valence-electron chi connectivity index (χ3n) is 5.95. The van der Waals surface area contributed by atoms with Crippen molar-refractivity contribution in [2.75, 3.05) is 23.3 Å². The number of aromatic nitrogens is 2. The predicted molar refractivity (Wildman–Crippen MR) is 114 cm³/mol. The zero-order valence-electron chi connectivity index (χ0n) is 16.9. The van der Waals surface area contributed by atoms with Gasteiger partial charge in [-0.25, -0.2) is 9.97 Å². The number of benzene rings is 1. The highest BCUT2D eigenvalue weighted by Gasteiger charge is 2.46. The molecule has 164 valence electrons. The Balaban J connectivity index is 1.38. The Morgan fingerprint density at radius 3 is 2.72 bits per heavy atom. The standard InChI is InChI=1S/C21H19ClN6O4/c22-21-23-8-6-15(25-21)24-11-7-9-27(10-11)13-3-1-2-12-17(13)20(32)28(19(12)31)14-4-5-16(29)26-18(14)30/h1-3,6,8,11,14H,4-5,7,9-10H2,(H,23,24,25)(H,26,29,30). The van der Waals surface area contributed by atoms with E-state index in [2.05, 4.69) is 20.6 Å². The van der Waals surface area contributed by atoms with Gasteiger partial charge in [0, 0.05) is 31.7 Å². The van der Waals surface area contributed by atoms with Gasteiger partial charge >= 0.3 is 0 Å². The topological polar surface area (TPSA) is 125 Å². The van der Waals surface area contributed by atoms with Crippen LogP contribution in [0.4, 0.5) is 11.5 Å². The number of carbonyl (C=O) groups excluding carboxylic acids is 4. The van der Waals surface area contributed by atoms with Crippen LogP contribution in [-0.4, -0.2) is 63.7 Å². The van der Waals surface area contributed by atoms with Crippen molar-refractivity contribution in [1.82, 2.24) is 20.2 Å². The van der Waals surface area contributed by atoms with Gasteiger partial charge in [0.25, 0.3) is 11.8 Å². The molecule has 32 heavy (non-hydrogen) atoms. The van der Waals surface area contributed by atoms with Gasteiger partial charge in [0.1, 0.15) is 11.9 Å². The number of hydrogen-bond donors (Lipinski definition) is 2. The number of anilines is 2. The van der Waals surface area contributed by atoms with Crippen molar-refractivity contribution in [1.29, 1.82) is 0 Å². The Morgan fingerprint density at radius 2 is 1.94 bits per heavy atom. The van der Waals surface area contributed by atoms with Crippen LogP contribution in [0.15, 0.2) is 30.5 Å². The van der Waals surface area contributed by atoms with Gasteiger partial charge in [0.2, 0.25) is 17.1 Å². The maximum Gasteiger partial charge on any atom is 0.264 e. The first-order valence-corrected chi connectivity index (χ1v) is 10.6. The second-order valence-corrected chi connectivity index (χ2v) is 8.27. The molecule has 4 heterocycles. The van der Waals surface area contributed by atoms with Crippen LogP contribution < -0.4 is 15.5 Å². The SMILES string of the molecule is O=C1CCC(N2C(=O)c3cccc(N4CCC(Nc5ccnc(Cl)n5)C4)c3C2=O)C(=O)N1. The second kappa shape index (κ2) is 7.86. The summed E-state index contributed by atoms with van der Waals surface area (Å²) in [6, 6.07) is 5.95. The molecule has 2 unspecified atom stereocenters. The summed E-state index contributed by atoms with van der Waals surface area (Å²) in [4.78, 5) is 61.1.